The van der Waals surface area contributed by atoms with E-state index >= 15 is 0 Å². The second kappa shape index (κ2) is 8.23. The van der Waals surface area contributed by atoms with Crippen molar-refractivity contribution in [1.29, 1.82) is 0 Å². The van der Waals surface area contributed by atoms with E-state index in [9.17, 15) is 4.79 Å². The van der Waals surface area contributed by atoms with Crippen molar-refractivity contribution in [2.45, 2.75) is 59.0 Å². The van der Waals surface area contributed by atoms with Crippen LogP contribution < -0.4 is 5.32 Å². The Morgan fingerprint density at radius 1 is 1.31 bits per heavy atom. The van der Waals surface area contributed by atoms with Crippen molar-refractivity contribution in [1.82, 2.24) is 20.1 Å². The van der Waals surface area contributed by atoms with E-state index < -0.39 is 0 Å². The summed E-state index contributed by atoms with van der Waals surface area (Å²) in [5.74, 6) is 1.19. The predicted molar refractivity (Wildman–Crippen MR) is 111 cm³/mol. The number of nitrogens with one attached hydrogen (secondary N) is 1. The molecule has 152 valence electrons. The summed E-state index contributed by atoms with van der Waals surface area (Å²) in [6, 6.07) is 10.3. The first-order valence-electron chi connectivity index (χ1n) is 10.4. The minimum Gasteiger partial charge on any atom is -0.435 e. The van der Waals surface area contributed by atoms with Crippen LogP contribution in [0.25, 0.3) is 0 Å². The molecule has 6 nitrogen and oxygen atoms in total. The monoisotopic (exact) mass is 392 g/mol. The molecule has 0 saturated carbocycles. The minimum absolute atomic E-state index is 0.0474. The molecule has 0 bridgehead atoms. The molecular formula is C23H28N4O2. The Balaban J connectivity index is 1.50. The second-order valence-electron chi connectivity index (χ2n) is 8.23. The zero-order valence-corrected chi connectivity index (χ0v) is 17.3. The second-order valence-corrected chi connectivity index (χ2v) is 8.23. The van der Waals surface area contributed by atoms with Crippen LogP contribution in [0.1, 0.15) is 71.7 Å². The largest absolute Gasteiger partial charge is 0.435 e. The molecule has 3 aromatic rings. The summed E-state index contributed by atoms with van der Waals surface area (Å²) in [5.41, 5.74) is 4.19. The lowest BCUT2D eigenvalue weighted by atomic mass is 9.92. The van der Waals surface area contributed by atoms with Gasteiger partial charge in [-0.2, -0.15) is 5.10 Å². The first-order chi connectivity index (χ1) is 14.0. The molecule has 1 aromatic carbocycles. The number of hydrogen-bond donors (Lipinski definition) is 1. The van der Waals surface area contributed by atoms with Crippen molar-refractivity contribution in [3.05, 3.63) is 70.7 Å². The highest BCUT2D eigenvalue weighted by molar-refractivity contribution is 5.92. The fraction of sp³-hybridized carbons (Fsp3) is 0.435. The van der Waals surface area contributed by atoms with E-state index in [1.54, 1.807) is 0 Å². The maximum absolute atomic E-state index is 12.9. The number of oxazole rings is 1. The zero-order chi connectivity index (χ0) is 20.4. The fourth-order valence-corrected chi connectivity index (χ4v) is 3.98. The van der Waals surface area contributed by atoms with Crippen LogP contribution >= 0.6 is 0 Å². The van der Waals surface area contributed by atoms with Crippen LogP contribution in [0.15, 0.2) is 40.9 Å². The summed E-state index contributed by atoms with van der Waals surface area (Å²) < 4.78 is 7.82. The molecule has 6 heteroatoms. The Morgan fingerprint density at radius 3 is 2.86 bits per heavy atom. The normalized spacial score (nSPS) is 16.1. The molecule has 0 radical (unpaired) electrons. The number of hydrogen-bond acceptors (Lipinski definition) is 4. The van der Waals surface area contributed by atoms with Gasteiger partial charge in [-0.15, -0.1) is 0 Å². The number of amides is 1. The van der Waals surface area contributed by atoms with E-state index in [0.717, 1.165) is 37.8 Å². The predicted octanol–water partition coefficient (Wildman–Crippen LogP) is 4.23. The van der Waals surface area contributed by atoms with Crippen LogP contribution in [0, 0.1) is 12.8 Å². The lowest BCUT2D eigenvalue weighted by Crippen LogP contribution is -2.31. The van der Waals surface area contributed by atoms with Crippen molar-refractivity contribution in [3.63, 3.8) is 0 Å². The number of carbonyl (C=O) groups is 1. The molecule has 1 aliphatic carbocycles. The summed E-state index contributed by atoms with van der Waals surface area (Å²) in [7, 11) is 0. The SMILES string of the molecule is Cc1nc(CC(C)C)oc1C(=O)NC1CCCc2c1cnn2Cc1ccccc1. The number of rotatable bonds is 6. The van der Waals surface area contributed by atoms with Gasteiger partial charge in [0.05, 0.1) is 24.5 Å². The van der Waals surface area contributed by atoms with Crippen LogP contribution in [0.2, 0.25) is 0 Å². The van der Waals surface area contributed by atoms with E-state index in [1.165, 1.54) is 11.3 Å². The molecule has 1 atom stereocenters. The fourth-order valence-electron chi connectivity index (χ4n) is 3.98. The van der Waals surface area contributed by atoms with Gasteiger partial charge in [-0.1, -0.05) is 44.2 Å². The minimum atomic E-state index is -0.196. The standard InChI is InChI=1S/C23H28N4O2/c1-15(2)12-21-25-16(3)22(29-21)23(28)26-19-10-7-11-20-18(19)13-24-27(20)14-17-8-5-4-6-9-17/h4-6,8-9,13,15,19H,7,10-12,14H2,1-3H3,(H,26,28). The van der Waals surface area contributed by atoms with Crippen LogP contribution in [-0.4, -0.2) is 20.7 Å². The maximum Gasteiger partial charge on any atom is 0.289 e. The molecule has 29 heavy (non-hydrogen) atoms. The first kappa shape index (κ1) is 19.4. The van der Waals surface area contributed by atoms with Crippen LogP contribution in [0.3, 0.4) is 0 Å². The number of fused-ring (bicyclic) bond motifs is 1. The quantitative estimate of drug-likeness (QED) is 0.681. The summed E-state index contributed by atoms with van der Waals surface area (Å²) in [4.78, 5) is 17.3. The Bertz CT molecular complexity index is 988. The van der Waals surface area contributed by atoms with Gasteiger partial charge >= 0.3 is 0 Å². The average molecular weight is 393 g/mol. The molecule has 0 spiro atoms. The molecule has 1 amide bonds. The molecule has 0 aliphatic heterocycles. The van der Waals surface area contributed by atoms with Crippen LogP contribution in [0.5, 0.6) is 0 Å². The zero-order valence-electron chi connectivity index (χ0n) is 17.3. The van der Waals surface area contributed by atoms with Gasteiger partial charge in [0.25, 0.3) is 5.91 Å². The number of carbonyl (C=O) groups excluding carboxylic acids is 1. The molecule has 4 rings (SSSR count). The number of nitrogens with zero attached hydrogens (tertiary/aromatic N) is 3. The highest BCUT2D eigenvalue weighted by Gasteiger charge is 2.28. The molecule has 1 N–H and O–H groups in total. The van der Waals surface area contributed by atoms with Crippen molar-refractivity contribution in [2.24, 2.45) is 5.92 Å². The molecule has 1 unspecified atom stereocenters. The van der Waals surface area contributed by atoms with E-state index in [-0.39, 0.29) is 11.9 Å². The molecule has 0 fully saturated rings. The van der Waals surface area contributed by atoms with E-state index in [2.05, 4.69) is 46.1 Å². The van der Waals surface area contributed by atoms with Gasteiger partial charge in [-0.25, -0.2) is 4.98 Å². The highest BCUT2D eigenvalue weighted by atomic mass is 16.4. The average Bonchev–Trinajstić information content (AvgIpc) is 3.26. The molecule has 0 saturated heterocycles. The van der Waals surface area contributed by atoms with Gasteiger partial charge in [0.1, 0.15) is 0 Å². The third-order valence-electron chi connectivity index (χ3n) is 5.37. The Labute approximate surface area is 171 Å². The van der Waals surface area contributed by atoms with Gasteiger partial charge in [0.15, 0.2) is 5.89 Å². The number of aryl methyl sites for hydroxylation is 1. The van der Waals surface area contributed by atoms with Gasteiger partial charge in [-0.05, 0) is 37.7 Å². The Kier molecular flexibility index (Phi) is 5.51. The maximum atomic E-state index is 12.9. The topological polar surface area (TPSA) is 73.0 Å². The summed E-state index contributed by atoms with van der Waals surface area (Å²) in [6.45, 7) is 6.79. The van der Waals surface area contributed by atoms with Crippen molar-refractivity contribution in [2.75, 3.05) is 0 Å². The van der Waals surface area contributed by atoms with Gasteiger partial charge in [-0.3, -0.25) is 9.48 Å². The van der Waals surface area contributed by atoms with Crippen molar-refractivity contribution >= 4 is 5.91 Å². The van der Waals surface area contributed by atoms with E-state index in [0.29, 0.717) is 23.3 Å². The van der Waals surface area contributed by atoms with Crippen molar-refractivity contribution in [3.8, 4) is 0 Å². The molecule has 2 heterocycles. The van der Waals surface area contributed by atoms with E-state index in [1.807, 2.05) is 31.3 Å². The third-order valence-corrected chi connectivity index (χ3v) is 5.37. The summed E-state index contributed by atoms with van der Waals surface area (Å²) in [5, 5.41) is 7.76. The molecule has 2 aromatic heterocycles. The van der Waals surface area contributed by atoms with Crippen LogP contribution in [-0.2, 0) is 19.4 Å². The highest BCUT2D eigenvalue weighted by Crippen LogP contribution is 2.30. The van der Waals surface area contributed by atoms with Crippen LogP contribution in [0.4, 0.5) is 0 Å². The first-order valence-corrected chi connectivity index (χ1v) is 10.4. The number of benzene rings is 1. The van der Waals surface area contributed by atoms with Gasteiger partial charge in [0.2, 0.25) is 5.76 Å². The summed E-state index contributed by atoms with van der Waals surface area (Å²) >= 11 is 0. The Hall–Kier alpha value is -2.89. The molecular weight excluding hydrogens is 364 g/mol. The van der Waals surface area contributed by atoms with Crippen molar-refractivity contribution < 1.29 is 9.21 Å². The Morgan fingerprint density at radius 2 is 2.10 bits per heavy atom. The third kappa shape index (κ3) is 4.26. The number of aromatic nitrogens is 3. The molecule has 1 aliphatic rings. The lowest BCUT2D eigenvalue weighted by Gasteiger charge is -2.24. The summed E-state index contributed by atoms with van der Waals surface area (Å²) in [6.07, 6.45) is 5.54. The smallest absolute Gasteiger partial charge is 0.289 e. The van der Waals surface area contributed by atoms with Gasteiger partial charge < -0.3 is 9.73 Å². The lowest BCUT2D eigenvalue weighted by molar-refractivity contribution is 0.0901. The van der Waals surface area contributed by atoms with E-state index in [4.69, 9.17) is 4.42 Å². The van der Waals surface area contributed by atoms with Gasteiger partial charge in [0, 0.05) is 17.7 Å².